The van der Waals surface area contributed by atoms with Crippen LogP contribution in [0.15, 0.2) is 0 Å². The molecular formula is C17H30N4O. The molecule has 5 nitrogen and oxygen atoms in total. The summed E-state index contributed by atoms with van der Waals surface area (Å²) in [5.74, 6) is 2.32. The van der Waals surface area contributed by atoms with Gasteiger partial charge < -0.3 is 14.6 Å². The first-order valence-corrected chi connectivity index (χ1v) is 8.98. The second kappa shape index (κ2) is 7.09. The van der Waals surface area contributed by atoms with Crippen LogP contribution in [0.5, 0.6) is 0 Å². The molecule has 1 aromatic rings. The number of aryl methyl sites for hydroxylation is 1. The van der Waals surface area contributed by atoms with Crippen LogP contribution in [0.3, 0.4) is 0 Å². The lowest BCUT2D eigenvalue weighted by Gasteiger charge is -2.41. The molecule has 0 radical (unpaired) electrons. The van der Waals surface area contributed by atoms with Crippen molar-refractivity contribution in [2.75, 3.05) is 13.7 Å². The lowest BCUT2D eigenvalue weighted by atomic mass is 9.77. The monoisotopic (exact) mass is 306 g/mol. The molecule has 1 saturated carbocycles. The summed E-state index contributed by atoms with van der Waals surface area (Å²) in [5, 5.41) is 12.6. The van der Waals surface area contributed by atoms with Gasteiger partial charge >= 0.3 is 0 Å². The Morgan fingerprint density at radius 2 is 2.09 bits per heavy atom. The van der Waals surface area contributed by atoms with E-state index in [4.69, 9.17) is 4.74 Å². The van der Waals surface area contributed by atoms with E-state index in [1.165, 1.54) is 44.3 Å². The second-order valence-corrected chi connectivity index (χ2v) is 6.84. The van der Waals surface area contributed by atoms with Crippen molar-refractivity contribution < 1.29 is 4.74 Å². The lowest BCUT2D eigenvalue weighted by Crippen LogP contribution is -2.42. The second-order valence-electron chi connectivity index (χ2n) is 6.84. The number of nitrogens with zero attached hydrogens (tertiary/aromatic N) is 3. The molecule has 1 N–H and O–H groups in total. The molecular weight excluding hydrogens is 276 g/mol. The van der Waals surface area contributed by atoms with Crippen molar-refractivity contribution in [2.45, 2.75) is 82.9 Å². The summed E-state index contributed by atoms with van der Waals surface area (Å²) in [5.41, 5.74) is 0.146. The number of hydrogen-bond acceptors (Lipinski definition) is 4. The SMILES string of the molecule is CCC(NCCC1(OC)CCC1)c1nnc2n1CCCCC2. The van der Waals surface area contributed by atoms with E-state index in [-0.39, 0.29) is 5.60 Å². The fraction of sp³-hybridized carbons (Fsp3) is 0.882. The fourth-order valence-corrected chi connectivity index (χ4v) is 3.79. The Morgan fingerprint density at radius 1 is 1.23 bits per heavy atom. The van der Waals surface area contributed by atoms with Crippen LogP contribution in [0.4, 0.5) is 0 Å². The van der Waals surface area contributed by atoms with Crippen molar-refractivity contribution in [2.24, 2.45) is 0 Å². The summed E-state index contributed by atoms with van der Waals surface area (Å²) in [6.07, 6.45) is 10.8. The van der Waals surface area contributed by atoms with E-state index in [1.54, 1.807) is 0 Å². The van der Waals surface area contributed by atoms with E-state index < -0.39 is 0 Å². The predicted molar refractivity (Wildman–Crippen MR) is 86.8 cm³/mol. The molecule has 0 saturated heterocycles. The summed E-state index contributed by atoms with van der Waals surface area (Å²) in [4.78, 5) is 0. The first-order chi connectivity index (χ1) is 10.8. The van der Waals surface area contributed by atoms with E-state index >= 15 is 0 Å². The number of fused-ring (bicyclic) bond motifs is 1. The lowest BCUT2D eigenvalue weighted by molar-refractivity contribution is -0.0771. The third kappa shape index (κ3) is 3.20. The van der Waals surface area contributed by atoms with Crippen molar-refractivity contribution in [3.8, 4) is 0 Å². The quantitative estimate of drug-likeness (QED) is 0.841. The number of ether oxygens (including phenoxy) is 1. The van der Waals surface area contributed by atoms with Gasteiger partial charge in [-0.3, -0.25) is 0 Å². The maximum Gasteiger partial charge on any atom is 0.150 e. The molecule has 1 fully saturated rings. The number of nitrogens with one attached hydrogen (secondary N) is 1. The van der Waals surface area contributed by atoms with E-state index in [0.29, 0.717) is 6.04 Å². The average molecular weight is 306 g/mol. The number of hydrogen-bond donors (Lipinski definition) is 1. The van der Waals surface area contributed by atoms with Gasteiger partial charge in [0.2, 0.25) is 0 Å². The highest BCUT2D eigenvalue weighted by Crippen LogP contribution is 2.37. The molecule has 1 aliphatic carbocycles. The topological polar surface area (TPSA) is 52.0 Å². The van der Waals surface area contributed by atoms with Crippen LogP contribution in [-0.2, 0) is 17.7 Å². The summed E-state index contributed by atoms with van der Waals surface area (Å²) < 4.78 is 8.08. The molecule has 0 amide bonds. The molecule has 124 valence electrons. The van der Waals surface area contributed by atoms with Crippen molar-refractivity contribution in [3.63, 3.8) is 0 Å². The van der Waals surface area contributed by atoms with Gasteiger partial charge in [0, 0.05) is 20.1 Å². The van der Waals surface area contributed by atoms with Gasteiger partial charge in [0.25, 0.3) is 0 Å². The molecule has 1 atom stereocenters. The van der Waals surface area contributed by atoms with Gasteiger partial charge in [0.15, 0.2) is 0 Å². The van der Waals surface area contributed by atoms with Crippen molar-refractivity contribution in [1.29, 1.82) is 0 Å². The molecule has 1 aromatic heterocycles. The minimum absolute atomic E-state index is 0.146. The Hall–Kier alpha value is -0.940. The van der Waals surface area contributed by atoms with Crippen molar-refractivity contribution >= 4 is 0 Å². The Morgan fingerprint density at radius 3 is 2.77 bits per heavy atom. The molecule has 0 aromatic carbocycles. The van der Waals surface area contributed by atoms with Crippen LogP contribution in [0, 0.1) is 0 Å². The molecule has 3 rings (SSSR count). The highest BCUT2D eigenvalue weighted by Gasteiger charge is 2.36. The molecule has 0 bridgehead atoms. The normalized spacial score (nSPS) is 21.7. The van der Waals surface area contributed by atoms with Crippen LogP contribution < -0.4 is 5.32 Å². The Kier molecular flexibility index (Phi) is 5.14. The van der Waals surface area contributed by atoms with Gasteiger partial charge in [-0.2, -0.15) is 0 Å². The number of rotatable bonds is 7. The molecule has 1 aliphatic heterocycles. The Bertz CT molecular complexity index is 475. The van der Waals surface area contributed by atoms with Crippen molar-refractivity contribution in [3.05, 3.63) is 11.6 Å². The zero-order valence-corrected chi connectivity index (χ0v) is 14.1. The van der Waals surface area contributed by atoms with Crippen LogP contribution in [0.25, 0.3) is 0 Å². The third-order valence-electron chi connectivity index (χ3n) is 5.53. The van der Waals surface area contributed by atoms with E-state index in [2.05, 4.69) is 27.0 Å². The summed E-state index contributed by atoms with van der Waals surface area (Å²) in [6.45, 7) is 4.30. The minimum Gasteiger partial charge on any atom is -0.378 e. The van der Waals surface area contributed by atoms with E-state index in [9.17, 15) is 0 Å². The third-order valence-corrected chi connectivity index (χ3v) is 5.53. The molecule has 2 heterocycles. The van der Waals surface area contributed by atoms with Crippen LogP contribution >= 0.6 is 0 Å². The molecule has 1 unspecified atom stereocenters. The van der Waals surface area contributed by atoms with Crippen LogP contribution in [0.1, 0.15) is 76.0 Å². The standard InChI is InChI=1S/C17H30N4O/c1-3-14(18-12-11-17(22-2)9-7-10-17)16-20-19-15-8-5-4-6-13-21(15)16/h14,18H,3-13H2,1-2H3. The molecule has 0 spiro atoms. The average Bonchev–Trinajstić information content (AvgIpc) is 2.75. The first-order valence-electron chi connectivity index (χ1n) is 8.98. The maximum absolute atomic E-state index is 5.71. The molecule has 22 heavy (non-hydrogen) atoms. The summed E-state index contributed by atoms with van der Waals surface area (Å²) in [6, 6.07) is 0.313. The summed E-state index contributed by atoms with van der Waals surface area (Å²) in [7, 11) is 1.86. The molecule has 2 aliphatic rings. The summed E-state index contributed by atoms with van der Waals surface area (Å²) >= 11 is 0. The minimum atomic E-state index is 0.146. The van der Waals surface area contributed by atoms with E-state index in [0.717, 1.165) is 38.2 Å². The zero-order valence-electron chi connectivity index (χ0n) is 14.1. The van der Waals surface area contributed by atoms with Crippen molar-refractivity contribution in [1.82, 2.24) is 20.1 Å². The van der Waals surface area contributed by atoms with Gasteiger partial charge in [-0.1, -0.05) is 13.3 Å². The van der Waals surface area contributed by atoms with Gasteiger partial charge in [-0.15, -0.1) is 10.2 Å². The molecule has 5 heteroatoms. The highest BCUT2D eigenvalue weighted by molar-refractivity contribution is 5.03. The van der Waals surface area contributed by atoms with Crippen LogP contribution in [-0.4, -0.2) is 34.0 Å². The van der Waals surface area contributed by atoms with Gasteiger partial charge in [0.1, 0.15) is 11.6 Å². The fourth-order valence-electron chi connectivity index (χ4n) is 3.79. The first kappa shape index (κ1) is 15.9. The Balaban J connectivity index is 1.60. The zero-order chi connectivity index (χ0) is 15.4. The van der Waals surface area contributed by atoms with Crippen LogP contribution in [0.2, 0.25) is 0 Å². The van der Waals surface area contributed by atoms with Gasteiger partial charge in [-0.25, -0.2) is 0 Å². The Labute approximate surface area is 133 Å². The van der Waals surface area contributed by atoms with Gasteiger partial charge in [0.05, 0.1) is 11.6 Å². The largest absolute Gasteiger partial charge is 0.378 e. The number of aromatic nitrogens is 3. The number of methoxy groups -OCH3 is 1. The maximum atomic E-state index is 5.71. The van der Waals surface area contributed by atoms with Gasteiger partial charge in [-0.05, 0) is 51.5 Å². The smallest absolute Gasteiger partial charge is 0.150 e. The predicted octanol–water partition coefficient (Wildman–Crippen LogP) is 3.00. The highest BCUT2D eigenvalue weighted by atomic mass is 16.5. The van der Waals surface area contributed by atoms with E-state index in [1.807, 2.05) is 7.11 Å².